The Kier molecular flexibility index (Phi) is 3.55. The highest BCUT2D eigenvalue weighted by Crippen LogP contribution is 2.03. The summed E-state index contributed by atoms with van der Waals surface area (Å²) < 4.78 is 1.64. The van der Waals surface area contributed by atoms with E-state index in [2.05, 4.69) is 10.3 Å². The number of aryl methyl sites for hydroxylation is 1. The Bertz CT molecular complexity index is 238. The van der Waals surface area contributed by atoms with Crippen molar-refractivity contribution in [2.45, 2.75) is 12.5 Å². The minimum atomic E-state index is -0.309. The summed E-state index contributed by atoms with van der Waals surface area (Å²) >= 11 is 1.63. The molecule has 0 aliphatic rings. The van der Waals surface area contributed by atoms with Crippen LogP contribution in [0.3, 0.4) is 0 Å². The Balaban J connectivity index is 2.41. The van der Waals surface area contributed by atoms with Gasteiger partial charge in [-0.15, -0.1) is 5.10 Å². The average molecular weight is 187 g/mol. The molecule has 0 radical (unpaired) electrons. The summed E-state index contributed by atoms with van der Waals surface area (Å²) in [6.45, 7) is 0. The number of aliphatic hydroxyl groups is 1. The number of nitrogens with zero attached hydrogens (tertiary/aromatic N) is 3. The van der Waals surface area contributed by atoms with Gasteiger partial charge in [0.25, 0.3) is 0 Å². The molecule has 0 fully saturated rings. The molecule has 0 aliphatic heterocycles. The van der Waals surface area contributed by atoms with Crippen molar-refractivity contribution in [2.75, 3.05) is 12.0 Å². The summed E-state index contributed by atoms with van der Waals surface area (Å²) in [5.41, 5.74) is 0.846. The summed E-state index contributed by atoms with van der Waals surface area (Å²) in [4.78, 5) is 0. The maximum Gasteiger partial charge on any atom is 0.0853 e. The van der Waals surface area contributed by atoms with Gasteiger partial charge in [0.15, 0.2) is 0 Å². The first-order chi connectivity index (χ1) is 5.72. The van der Waals surface area contributed by atoms with Crippen LogP contribution in [0.5, 0.6) is 0 Å². The molecule has 0 aliphatic carbocycles. The van der Waals surface area contributed by atoms with Crippen LogP contribution in [0.25, 0.3) is 0 Å². The lowest BCUT2D eigenvalue weighted by Gasteiger charge is -2.04. The normalized spacial score (nSPS) is 13.2. The lowest BCUT2D eigenvalue weighted by atomic mass is 10.2. The van der Waals surface area contributed by atoms with E-state index >= 15 is 0 Å². The molecule has 1 aromatic heterocycles. The smallest absolute Gasteiger partial charge is 0.0853 e. The van der Waals surface area contributed by atoms with Gasteiger partial charge >= 0.3 is 0 Å². The quantitative estimate of drug-likeness (QED) is 0.725. The third-order valence-corrected chi connectivity index (χ3v) is 2.17. The predicted molar refractivity (Wildman–Crippen MR) is 49.1 cm³/mol. The largest absolute Gasteiger partial charge is 0.392 e. The van der Waals surface area contributed by atoms with Gasteiger partial charge in [-0.05, 0) is 6.26 Å². The second kappa shape index (κ2) is 4.47. The summed E-state index contributed by atoms with van der Waals surface area (Å²) in [5.74, 6) is 0.747. The van der Waals surface area contributed by atoms with E-state index in [4.69, 9.17) is 0 Å². The van der Waals surface area contributed by atoms with Gasteiger partial charge in [0.2, 0.25) is 0 Å². The Labute approximate surface area is 76.0 Å². The van der Waals surface area contributed by atoms with Crippen LogP contribution in [-0.2, 0) is 13.5 Å². The van der Waals surface area contributed by atoms with Crippen molar-refractivity contribution < 1.29 is 5.11 Å². The highest BCUT2D eigenvalue weighted by atomic mass is 32.2. The maximum absolute atomic E-state index is 9.41. The number of rotatable bonds is 4. The summed E-state index contributed by atoms with van der Waals surface area (Å²) in [5, 5.41) is 17.1. The molecular formula is C7H13N3OS. The van der Waals surface area contributed by atoms with Crippen molar-refractivity contribution in [1.82, 2.24) is 15.0 Å². The standard InChI is InChI=1S/C7H13N3OS/c1-10-4-6(8-9-10)3-7(11)5-12-2/h4,7,11H,3,5H2,1-2H3. The molecule has 5 heteroatoms. The fourth-order valence-corrected chi connectivity index (χ4v) is 1.48. The minimum absolute atomic E-state index is 0.309. The van der Waals surface area contributed by atoms with Crippen LogP contribution in [0.2, 0.25) is 0 Å². The summed E-state index contributed by atoms with van der Waals surface area (Å²) in [6, 6.07) is 0. The van der Waals surface area contributed by atoms with Gasteiger partial charge in [0.1, 0.15) is 0 Å². The lowest BCUT2D eigenvalue weighted by molar-refractivity contribution is 0.199. The van der Waals surface area contributed by atoms with Crippen molar-refractivity contribution in [2.24, 2.45) is 7.05 Å². The molecule has 0 saturated heterocycles. The van der Waals surface area contributed by atoms with Gasteiger partial charge in [0, 0.05) is 25.4 Å². The topological polar surface area (TPSA) is 50.9 Å². The first kappa shape index (κ1) is 9.54. The van der Waals surface area contributed by atoms with Gasteiger partial charge in [0.05, 0.1) is 11.8 Å². The van der Waals surface area contributed by atoms with Crippen LogP contribution in [0.15, 0.2) is 6.20 Å². The third-order valence-electron chi connectivity index (χ3n) is 1.45. The predicted octanol–water partition coefficient (Wildman–Crippen LogP) is 0.0815. The van der Waals surface area contributed by atoms with Crippen molar-refractivity contribution in [3.63, 3.8) is 0 Å². The van der Waals surface area contributed by atoms with Gasteiger partial charge in [-0.3, -0.25) is 4.68 Å². The molecule has 1 unspecified atom stereocenters. The number of aliphatic hydroxyl groups excluding tert-OH is 1. The SMILES string of the molecule is CSCC(O)Cc1cn(C)nn1. The Morgan fingerprint density at radius 2 is 2.50 bits per heavy atom. The van der Waals surface area contributed by atoms with Gasteiger partial charge in [-0.1, -0.05) is 5.21 Å². The Morgan fingerprint density at radius 3 is 3.00 bits per heavy atom. The van der Waals surface area contributed by atoms with Crippen LogP contribution in [-0.4, -0.2) is 38.2 Å². The molecule has 0 bridgehead atoms. The van der Waals surface area contributed by atoms with Crippen LogP contribution in [0.4, 0.5) is 0 Å². The highest BCUT2D eigenvalue weighted by Gasteiger charge is 2.06. The van der Waals surface area contributed by atoms with E-state index < -0.39 is 0 Å². The molecule has 68 valence electrons. The molecule has 1 atom stereocenters. The van der Waals surface area contributed by atoms with E-state index in [0.29, 0.717) is 6.42 Å². The number of aromatic nitrogens is 3. The molecule has 12 heavy (non-hydrogen) atoms. The monoisotopic (exact) mass is 187 g/mol. The number of hydrogen-bond donors (Lipinski definition) is 1. The lowest BCUT2D eigenvalue weighted by Crippen LogP contribution is -2.13. The highest BCUT2D eigenvalue weighted by molar-refractivity contribution is 7.98. The molecule has 1 N–H and O–H groups in total. The van der Waals surface area contributed by atoms with Gasteiger partial charge in [-0.25, -0.2) is 0 Å². The molecule has 0 saturated carbocycles. The number of hydrogen-bond acceptors (Lipinski definition) is 4. The van der Waals surface area contributed by atoms with Crippen LogP contribution in [0, 0.1) is 0 Å². The fraction of sp³-hybridized carbons (Fsp3) is 0.714. The van der Waals surface area contributed by atoms with E-state index in [1.54, 1.807) is 16.4 Å². The van der Waals surface area contributed by atoms with E-state index in [9.17, 15) is 5.11 Å². The Hall–Kier alpha value is -0.550. The molecule has 0 spiro atoms. The van der Waals surface area contributed by atoms with Crippen LogP contribution >= 0.6 is 11.8 Å². The van der Waals surface area contributed by atoms with E-state index in [0.717, 1.165) is 11.4 Å². The first-order valence-corrected chi connectivity index (χ1v) is 5.14. The van der Waals surface area contributed by atoms with Gasteiger partial charge in [-0.2, -0.15) is 11.8 Å². The average Bonchev–Trinajstić information content (AvgIpc) is 2.36. The fourth-order valence-electron chi connectivity index (χ4n) is 0.982. The molecule has 1 heterocycles. The Morgan fingerprint density at radius 1 is 1.75 bits per heavy atom. The molecule has 0 amide bonds. The summed E-state index contributed by atoms with van der Waals surface area (Å²) in [7, 11) is 1.82. The maximum atomic E-state index is 9.41. The molecule has 1 rings (SSSR count). The van der Waals surface area contributed by atoms with Crippen LogP contribution in [0.1, 0.15) is 5.69 Å². The van der Waals surface area contributed by atoms with E-state index in [-0.39, 0.29) is 6.10 Å². The van der Waals surface area contributed by atoms with E-state index in [1.807, 2.05) is 19.5 Å². The van der Waals surface area contributed by atoms with Crippen LogP contribution < -0.4 is 0 Å². The second-order valence-corrected chi connectivity index (χ2v) is 3.61. The third kappa shape index (κ3) is 2.83. The number of thioether (sulfide) groups is 1. The van der Waals surface area contributed by atoms with Crippen molar-refractivity contribution >= 4 is 11.8 Å². The van der Waals surface area contributed by atoms with Crippen molar-refractivity contribution in [3.05, 3.63) is 11.9 Å². The zero-order chi connectivity index (χ0) is 8.97. The molecule has 4 nitrogen and oxygen atoms in total. The minimum Gasteiger partial charge on any atom is -0.392 e. The van der Waals surface area contributed by atoms with E-state index in [1.165, 1.54) is 0 Å². The van der Waals surface area contributed by atoms with Gasteiger partial charge < -0.3 is 5.11 Å². The first-order valence-electron chi connectivity index (χ1n) is 3.74. The zero-order valence-corrected chi connectivity index (χ0v) is 8.08. The van der Waals surface area contributed by atoms with Crippen molar-refractivity contribution in [3.8, 4) is 0 Å². The van der Waals surface area contributed by atoms with Crippen molar-refractivity contribution in [1.29, 1.82) is 0 Å². The summed E-state index contributed by atoms with van der Waals surface area (Å²) in [6.07, 6.45) is 4.08. The molecule has 1 aromatic rings. The molecular weight excluding hydrogens is 174 g/mol. The zero-order valence-electron chi connectivity index (χ0n) is 7.27. The molecule has 0 aromatic carbocycles. The second-order valence-electron chi connectivity index (χ2n) is 2.70.